The molecule has 0 saturated heterocycles. The summed E-state index contributed by atoms with van der Waals surface area (Å²) < 4.78 is 18.2. The fraction of sp³-hybridized carbons (Fsp3) is 0.417. The summed E-state index contributed by atoms with van der Waals surface area (Å²) in [6, 6.07) is 5.85. The van der Waals surface area contributed by atoms with Crippen LogP contribution in [0.5, 0.6) is 0 Å². The average molecular weight is 240 g/mol. The smallest absolute Gasteiger partial charge is 0.245 e. The van der Waals surface area contributed by atoms with E-state index in [9.17, 15) is 9.18 Å². The zero-order chi connectivity index (χ0) is 12.9. The summed E-state index contributed by atoms with van der Waals surface area (Å²) in [5.41, 5.74) is 4.76. The molecule has 3 N–H and O–H groups in total. The number of ether oxygens (including phenoxy) is 1. The number of anilines is 1. The van der Waals surface area contributed by atoms with Gasteiger partial charge >= 0.3 is 0 Å². The van der Waals surface area contributed by atoms with Gasteiger partial charge in [-0.3, -0.25) is 4.79 Å². The Labute approximate surface area is 100.0 Å². The van der Waals surface area contributed by atoms with E-state index in [4.69, 9.17) is 10.5 Å². The normalized spacial score (nSPS) is 14.1. The number of carbonyl (C=O) groups excluding carboxylic acids is 1. The molecule has 94 valence electrons. The molecule has 17 heavy (non-hydrogen) atoms. The number of halogens is 1. The molecule has 1 atom stereocenters. The monoisotopic (exact) mass is 240 g/mol. The Morgan fingerprint density at radius 2 is 2.29 bits per heavy atom. The number of nitrogens with two attached hydrogens (primary N) is 1. The Hall–Kier alpha value is -1.62. The summed E-state index contributed by atoms with van der Waals surface area (Å²) in [6.45, 7) is 4.06. The Balaban J connectivity index is 2.83. The van der Waals surface area contributed by atoms with Gasteiger partial charge in [-0.1, -0.05) is 6.07 Å². The van der Waals surface area contributed by atoms with Crippen molar-refractivity contribution in [1.29, 1.82) is 0 Å². The molecule has 0 aliphatic heterocycles. The van der Waals surface area contributed by atoms with Crippen LogP contribution in [0, 0.1) is 5.82 Å². The largest absolute Gasteiger partial charge is 0.379 e. The van der Waals surface area contributed by atoms with Crippen LogP contribution < -0.4 is 11.1 Å². The molecule has 1 amide bonds. The third-order valence-corrected chi connectivity index (χ3v) is 2.38. The first kappa shape index (κ1) is 13.4. The SMILES string of the molecule is CCOCC(C)(Nc1cccc(F)c1)C(N)=O. The predicted octanol–water partition coefficient (Wildman–Crippen LogP) is 1.52. The molecule has 1 aromatic carbocycles. The van der Waals surface area contributed by atoms with Gasteiger partial charge in [-0.2, -0.15) is 0 Å². The molecule has 0 fully saturated rings. The van der Waals surface area contributed by atoms with Crippen molar-refractivity contribution in [3.05, 3.63) is 30.1 Å². The first-order chi connectivity index (χ1) is 7.98. The summed E-state index contributed by atoms with van der Waals surface area (Å²) in [6.07, 6.45) is 0. The Bertz CT molecular complexity index is 398. The molecule has 5 heteroatoms. The number of amides is 1. The van der Waals surface area contributed by atoms with Gasteiger partial charge in [-0.05, 0) is 32.0 Å². The third-order valence-electron chi connectivity index (χ3n) is 2.38. The lowest BCUT2D eigenvalue weighted by atomic mass is 10.0. The summed E-state index contributed by atoms with van der Waals surface area (Å²) in [4.78, 5) is 11.4. The second kappa shape index (κ2) is 5.63. The van der Waals surface area contributed by atoms with Gasteiger partial charge in [0.25, 0.3) is 0 Å². The first-order valence-electron chi connectivity index (χ1n) is 5.39. The molecule has 4 nitrogen and oxygen atoms in total. The number of nitrogens with one attached hydrogen (secondary N) is 1. The van der Waals surface area contributed by atoms with E-state index < -0.39 is 11.4 Å². The molecule has 0 aromatic heterocycles. The molecule has 0 heterocycles. The van der Waals surface area contributed by atoms with Gasteiger partial charge in [0.2, 0.25) is 5.91 Å². The number of hydrogen-bond donors (Lipinski definition) is 2. The van der Waals surface area contributed by atoms with E-state index in [-0.39, 0.29) is 12.4 Å². The van der Waals surface area contributed by atoms with Gasteiger partial charge in [0.1, 0.15) is 11.4 Å². The predicted molar refractivity (Wildman–Crippen MR) is 64.1 cm³/mol. The fourth-order valence-electron chi connectivity index (χ4n) is 1.36. The van der Waals surface area contributed by atoms with Crippen LogP contribution in [0.1, 0.15) is 13.8 Å². The summed E-state index contributed by atoms with van der Waals surface area (Å²) in [5.74, 6) is -0.923. The lowest BCUT2D eigenvalue weighted by Crippen LogP contribution is -2.51. The second-order valence-electron chi connectivity index (χ2n) is 3.97. The molecule has 0 aliphatic rings. The van der Waals surface area contributed by atoms with Crippen molar-refractivity contribution in [3.8, 4) is 0 Å². The summed E-state index contributed by atoms with van der Waals surface area (Å²) in [5, 5.41) is 2.89. The van der Waals surface area contributed by atoms with Gasteiger partial charge < -0.3 is 15.8 Å². The number of rotatable bonds is 6. The van der Waals surface area contributed by atoms with Crippen LogP contribution in [-0.2, 0) is 9.53 Å². The number of carbonyl (C=O) groups is 1. The highest BCUT2D eigenvalue weighted by atomic mass is 19.1. The topological polar surface area (TPSA) is 64.3 Å². The number of primary amides is 1. The maximum Gasteiger partial charge on any atom is 0.245 e. The minimum absolute atomic E-state index is 0.134. The molecule has 1 aromatic rings. The van der Waals surface area contributed by atoms with Gasteiger partial charge in [-0.25, -0.2) is 4.39 Å². The molecule has 0 spiro atoms. The minimum atomic E-state index is -1.05. The van der Waals surface area contributed by atoms with E-state index in [1.165, 1.54) is 12.1 Å². The fourth-order valence-corrected chi connectivity index (χ4v) is 1.36. The van der Waals surface area contributed by atoms with Crippen molar-refractivity contribution < 1.29 is 13.9 Å². The van der Waals surface area contributed by atoms with Gasteiger partial charge in [0.15, 0.2) is 0 Å². The van der Waals surface area contributed by atoms with Crippen molar-refractivity contribution in [2.24, 2.45) is 5.73 Å². The molecule has 0 saturated carbocycles. The van der Waals surface area contributed by atoms with Crippen LogP contribution in [0.3, 0.4) is 0 Å². The van der Waals surface area contributed by atoms with Crippen molar-refractivity contribution in [3.63, 3.8) is 0 Å². The summed E-state index contributed by atoms with van der Waals surface area (Å²) in [7, 11) is 0. The second-order valence-corrected chi connectivity index (χ2v) is 3.97. The third kappa shape index (κ3) is 3.71. The summed E-state index contributed by atoms with van der Waals surface area (Å²) >= 11 is 0. The van der Waals surface area contributed by atoms with Crippen LogP contribution in [0.25, 0.3) is 0 Å². The molecule has 0 radical (unpaired) electrons. The Kier molecular flexibility index (Phi) is 4.45. The lowest BCUT2D eigenvalue weighted by molar-refractivity contribution is -0.123. The lowest BCUT2D eigenvalue weighted by Gasteiger charge is -2.28. The Morgan fingerprint density at radius 1 is 1.59 bits per heavy atom. The zero-order valence-electron chi connectivity index (χ0n) is 10.00. The zero-order valence-corrected chi connectivity index (χ0v) is 10.00. The van der Waals surface area contributed by atoms with Crippen LogP contribution in [0.4, 0.5) is 10.1 Å². The van der Waals surface area contributed by atoms with E-state index in [1.807, 2.05) is 6.92 Å². The maximum atomic E-state index is 13.0. The first-order valence-corrected chi connectivity index (χ1v) is 5.39. The standard InChI is InChI=1S/C12H17FN2O2/c1-3-17-8-12(2,11(14)16)15-10-6-4-5-9(13)7-10/h4-7,15H,3,8H2,1-2H3,(H2,14,16). The van der Waals surface area contributed by atoms with Crippen LogP contribution >= 0.6 is 0 Å². The van der Waals surface area contributed by atoms with Crippen LogP contribution in [-0.4, -0.2) is 24.7 Å². The van der Waals surface area contributed by atoms with E-state index in [0.29, 0.717) is 12.3 Å². The van der Waals surface area contributed by atoms with Gasteiger partial charge in [0.05, 0.1) is 6.61 Å². The van der Waals surface area contributed by atoms with Crippen molar-refractivity contribution >= 4 is 11.6 Å². The molecule has 0 bridgehead atoms. The quantitative estimate of drug-likeness (QED) is 0.792. The van der Waals surface area contributed by atoms with Crippen molar-refractivity contribution in [2.75, 3.05) is 18.5 Å². The highest BCUT2D eigenvalue weighted by Crippen LogP contribution is 2.16. The van der Waals surface area contributed by atoms with Crippen molar-refractivity contribution in [1.82, 2.24) is 0 Å². The number of hydrogen-bond acceptors (Lipinski definition) is 3. The minimum Gasteiger partial charge on any atom is -0.379 e. The highest BCUT2D eigenvalue weighted by molar-refractivity contribution is 5.87. The average Bonchev–Trinajstić information content (AvgIpc) is 2.26. The van der Waals surface area contributed by atoms with Gasteiger partial charge in [0, 0.05) is 12.3 Å². The number of benzene rings is 1. The Morgan fingerprint density at radius 3 is 2.82 bits per heavy atom. The molecular weight excluding hydrogens is 223 g/mol. The highest BCUT2D eigenvalue weighted by Gasteiger charge is 2.31. The van der Waals surface area contributed by atoms with Gasteiger partial charge in [-0.15, -0.1) is 0 Å². The molecule has 1 unspecified atom stereocenters. The van der Waals surface area contributed by atoms with Crippen molar-refractivity contribution in [2.45, 2.75) is 19.4 Å². The van der Waals surface area contributed by atoms with E-state index in [2.05, 4.69) is 5.32 Å². The molecule has 1 rings (SSSR count). The molecule has 0 aliphatic carbocycles. The molecular formula is C12H17FN2O2. The van der Waals surface area contributed by atoms with Crippen LogP contribution in [0.15, 0.2) is 24.3 Å². The van der Waals surface area contributed by atoms with Crippen LogP contribution in [0.2, 0.25) is 0 Å². The van der Waals surface area contributed by atoms with E-state index >= 15 is 0 Å². The maximum absolute atomic E-state index is 13.0. The van der Waals surface area contributed by atoms with E-state index in [0.717, 1.165) is 0 Å². The van der Waals surface area contributed by atoms with E-state index in [1.54, 1.807) is 19.1 Å².